The van der Waals surface area contributed by atoms with Crippen LogP contribution in [0.2, 0.25) is 0 Å². The fraction of sp³-hybridized carbons (Fsp3) is 0. The van der Waals surface area contributed by atoms with E-state index in [4.69, 9.17) is 0 Å². The zero-order chi connectivity index (χ0) is 16.2. The maximum Gasteiger partial charge on any atom is 0.269 e. The van der Waals surface area contributed by atoms with Crippen molar-refractivity contribution in [3.05, 3.63) is 64.2 Å². The van der Waals surface area contributed by atoms with Gasteiger partial charge >= 0.3 is 0 Å². The molecule has 0 aliphatic rings. The molecule has 0 saturated heterocycles. The molecular formula is C13H10N3O5S-. The first-order chi connectivity index (χ1) is 10.4. The van der Waals surface area contributed by atoms with Gasteiger partial charge in [-0.15, -0.1) is 0 Å². The molecule has 8 nitrogen and oxygen atoms in total. The van der Waals surface area contributed by atoms with Crippen LogP contribution < -0.4 is 5.43 Å². The number of nitrogens with zero attached hydrogens (tertiary/aromatic N) is 2. The van der Waals surface area contributed by atoms with Crippen molar-refractivity contribution >= 4 is 27.7 Å². The molecule has 0 fully saturated rings. The SMILES string of the molecule is O=[N+]([O-])c1ccc(C=NNc2ccc(S(=O)(=O)[O-])cc2)cc1. The number of nitrogens with one attached hydrogen (secondary N) is 1. The molecule has 2 aromatic carbocycles. The lowest BCUT2D eigenvalue weighted by Crippen LogP contribution is -1.98. The zero-order valence-electron chi connectivity index (χ0n) is 11.0. The molecule has 0 saturated carbocycles. The van der Waals surface area contributed by atoms with E-state index in [0.717, 1.165) is 0 Å². The van der Waals surface area contributed by atoms with Crippen LogP contribution in [0.5, 0.6) is 0 Å². The molecule has 1 N–H and O–H groups in total. The quantitative estimate of drug-likeness (QED) is 0.388. The fourth-order valence-corrected chi connectivity index (χ4v) is 2.03. The summed E-state index contributed by atoms with van der Waals surface area (Å²) < 4.78 is 32.3. The molecular weight excluding hydrogens is 310 g/mol. The normalized spacial score (nSPS) is 11.5. The number of hydrogen-bond donors (Lipinski definition) is 1. The van der Waals surface area contributed by atoms with Gasteiger partial charge in [0.05, 0.1) is 21.7 Å². The van der Waals surface area contributed by atoms with E-state index in [1.54, 1.807) is 0 Å². The number of nitro benzene ring substituents is 1. The van der Waals surface area contributed by atoms with Crippen LogP contribution in [0.25, 0.3) is 0 Å². The standard InChI is InChI=1S/C13H11N3O5S/c17-16(18)12-5-1-10(2-6-12)9-14-15-11-3-7-13(8-4-11)22(19,20)21/h1-9,15H,(H,19,20,21)/p-1. The Hall–Kier alpha value is -2.78. The average Bonchev–Trinajstić information content (AvgIpc) is 2.47. The van der Waals surface area contributed by atoms with Crippen molar-refractivity contribution < 1.29 is 17.9 Å². The minimum Gasteiger partial charge on any atom is -0.744 e. The summed E-state index contributed by atoms with van der Waals surface area (Å²) in [5.74, 6) is 0. The van der Waals surface area contributed by atoms with Gasteiger partial charge in [0.25, 0.3) is 5.69 Å². The van der Waals surface area contributed by atoms with E-state index in [0.29, 0.717) is 11.3 Å². The summed E-state index contributed by atoms with van der Waals surface area (Å²) in [6.45, 7) is 0. The summed E-state index contributed by atoms with van der Waals surface area (Å²) in [6, 6.07) is 10.9. The Kier molecular flexibility index (Phi) is 4.49. The Labute approximate surface area is 126 Å². The van der Waals surface area contributed by atoms with Crippen LogP contribution in [0.1, 0.15) is 5.56 Å². The predicted molar refractivity (Wildman–Crippen MR) is 78.7 cm³/mol. The number of hydrazone groups is 1. The molecule has 0 unspecified atom stereocenters. The predicted octanol–water partition coefficient (Wildman–Crippen LogP) is 1.94. The first-order valence-corrected chi connectivity index (χ1v) is 7.36. The number of nitro groups is 1. The number of anilines is 1. The molecule has 0 atom stereocenters. The van der Waals surface area contributed by atoms with Crippen molar-refractivity contribution in [1.29, 1.82) is 0 Å². The van der Waals surface area contributed by atoms with Crippen LogP contribution in [-0.2, 0) is 10.1 Å². The lowest BCUT2D eigenvalue weighted by Gasteiger charge is -2.07. The zero-order valence-corrected chi connectivity index (χ0v) is 11.9. The summed E-state index contributed by atoms with van der Waals surface area (Å²) in [5, 5.41) is 14.4. The number of non-ortho nitro benzene ring substituents is 1. The Balaban J connectivity index is 2.01. The van der Waals surface area contributed by atoms with Crippen LogP contribution >= 0.6 is 0 Å². The third-order valence-electron chi connectivity index (χ3n) is 2.65. The van der Waals surface area contributed by atoms with Crippen LogP contribution in [0.15, 0.2) is 58.5 Å². The summed E-state index contributed by atoms with van der Waals surface area (Å²) in [6.07, 6.45) is 1.45. The molecule has 0 heterocycles. The smallest absolute Gasteiger partial charge is 0.269 e. The molecule has 114 valence electrons. The Morgan fingerprint density at radius 1 is 1.05 bits per heavy atom. The van der Waals surface area contributed by atoms with E-state index < -0.39 is 15.0 Å². The van der Waals surface area contributed by atoms with Crippen LogP contribution in [0, 0.1) is 10.1 Å². The van der Waals surface area contributed by atoms with E-state index in [-0.39, 0.29) is 10.6 Å². The van der Waals surface area contributed by atoms with Gasteiger partial charge in [-0.2, -0.15) is 5.10 Å². The van der Waals surface area contributed by atoms with E-state index in [1.807, 2.05) is 0 Å². The molecule has 0 radical (unpaired) electrons. The monoisotopic (exact) mass is 320 g/mol. The number of hydrogen-bond acceptors (Lipinski definition) is 7. The fourth-order valence-electron chi connectivity index (χ4n) is 1.56. The summed E-state index contributed by atoms with van der Waals surface area (Å²) in [4.78, 5) is 9.69. The molecule has 9 heteroatoms. The minimum absolute atomic E-state index is 0.0143. The van der Waals surface area contributed by atoms with Gasteiger partial charge in [0.2, 0.25) is 0 Å². The highest BCUT2D eigenvalue weighted by Crippen LogP contribution is 2.14. The van der Waals surface area contributed by atoms with Gasteiger partial charge in [0.15, 0.2) is 0 Å². The molecule has 22 heavy (non-hydrogen) atoms. The lowest BCUT2D eigenvalue weighted by atomic mass is 10.2. The second-order valence-corrected chi connectivity index (χ2v) is 5.58. The second kappa shape index (κ2) is 6.33. The third kappa shape index (κ3) is 4.11. The summed E-state index contributed by atoms with van der Waals surface area (Å²) in [7, 11) is -4.47. The van der Waals surface area contributed by atoms with Crippen LogP contribution in [-0.4, -0.2) is 24.1 Å². The van der Waals surface area contributed by atoms with E-state index in [2.05, 4.69) is 10.5 Å². The first kappa shape index (κ1) is 15.6. The maximum atomic E-state index is 10.8. The molecule has 2 aromatic rings. The lowest BCUT2D eigenvalue weighted by molar-refractivity contribution is -0.384. The van der Waals surface area contributed by atoms with Gasteiger partial charge < -0.3 is 4.55 Å². The Morgan fingerprint density at radius 3 is 2.14 bits per heavy atom. The molecule has 0 aliphatic carbocycles. The number of benzene rings is 2. The molecule has 0 aromatic heterocycles. The highest BCUT2D eigenvalue weighted by molar-refractivity contribution is 7.85. The summed E-state index contributed by atoms with van der Waals surface area (Å²) >= 11 is 0. The average molecular weight is 320 g/mol. The van der Waals surface area contributed by atoms with E-state index in [9.17, 15) is 23.1 Å². The van der Waals surface area contributed by atoms with Crippen molar-refractivity contribution in [3.8, 4) is 0 Å². The van der Waals surface area contributed by atoms with Gasteiger partial charge in [-0.1, -0.05) is 0 Å². The number of rotatable bonds is 5. The Bertz CT molecular complexity index is 799. The molecule has 0 bridgehead atoms. The van der Waals surface area contributed by atoms with Crippen LogP contribution in [0.3, 0.4) is 0 Å². The largest absolute Gasteiger partial charge is 0.744 e. The molecule has 0 amide bonds. The second-order valence-electron chi connectivity index (χ2n) is 4.20. The highest BCUT2D eigenvalue weighted by Gasteiger charge is 2.02. The van der Waals surface area contributed by atoms with Crippen molar-refractivity contribution in [2.24, 2.45) is 5.10 Å². The van der Waals surface area contributed by atoms with E-state index >= 15 is 0 Å². The summed E-state index contributed by atoms with van der Waals surface area (Å²) in [5.41, 5.74) is 3.77. The Morgan fingerprint density at radius 2 is 1.64 bits per heavy atom. The minimum atomic E-state index is -4.47. The van der Waals surface area contributed by atoms with Crippen molar-refractivity contribution in [2.45, 2.75) is 4.90 Å². The van der Waals surface area contributed by atoms with Crippen molar-refractivity contribution in [1.82, 2.24) is 0 Å². The van der Waals surface area contributed by atoms with Gasteiger partial charge in [0, 0.05) is 12.1 Å². The molecule has 2 rings (SSSR count). The topological polar surface area (TPSA) is 125 Å². The van der Waals surface area contributed by atoms with Gasteiger partial charge in [-0.05, 0) is 42.0 Å². The highest BCUT2D eigenvalue weighted by atomic mass is 32.2. The first-order valence-electron chi connectivity index (χ1n) is 5.96. The van der Waals surface area contributed by atoms with Crippen molar-refractivity contribution in [3.63, 3.8) is 0 Å². The van der Waals surface area contributed by atoms with Gasteiger partial charge in [0.1, 0.15) is 10.1 Å². The van der Waals surface area contributed by atoms with Crippen molar-refractivity contribution in [2.75, 3.05) is 5.43 Å². The van der Waals surface area contributed by atoms with Crippen LogP contribution in [0.4, 0.5) is 11.4 Å². The van der Waals surface area contributed by atoms with Gasteiger partial charge in [-0.25, -0.2) is 8.42 Å². The molecule has 0 spiro atoms. The molecule has 0 aliphatic heterocycles. The van der Waals surface area contributed by atoms with E-state index in [1.165, 1.54) is 54.7 Å². The third-order valence-corrected chi connectivity index (χ3v) is 3.50. The maximum absolute atomic E-state index is 10.8. The van der Waals surface area contributed by atoms with Gasteiger partial charge in [-0.3, -0.25) is 15.5 Å².